The summed E-state index contributed by atoms with van der Waals surface area (Å²) in [7, 11) is 0. The molecule has 136 valence electrons. The van der Waals surface area contributed by atoms with Crippen LogP contribution in [0.1, 0.15) is 11.1 Å². The molecule has 1 heterocycles. The molecule has 1 aliphatic rings. The Hall–Kier alpha value is -2.50. The van der Waals surface area contributed by atoms with Gasteiger partial charge in [0.05, 0.1) is 21.3 Å². The van der Waals surface area contributed by atoms with Gasteiger partial charge in [-0.3, -0.25) is 4.90 Å². The minimum atomic E-state index is -0.543. The van der Waals surface area contributed by atoms with Gasteiger partial charge in [-0.05, 0) is 61.7 Å². The van der Waals surface area contributed by atoms with Crippen molar-refractivity contribution in [3.05, 3.63) is 82.6 Å². The molecular weight excluding hydrogens is 383 g/mol. The summed E-state index contributed by atoms with van der Waals surface area (Å²) < 4.78 is 16.2. The molecule has 6 heteroatoms. The van der Waals surface area contributed by atoms with Crippen LogP contribution in [-0.2, 0) is 0 Å². The van der Waals surface area contributed by atoms with E-state index in [9.17, 15) is 9.18 Å². The van der Waals surface area contributed by atoms with Gasteiger partial charge in [0.25, 0.3) is 0 Å². The summed E-state index contributed by atoms with van der Waals surface area (Å²) >= 11 is 7.61. The quantitative estimate of drug-likeness (QED) is 0.439. The highest BCUT2D eigenvalue weighted by atomic mass is 35.5. The third-order valence-corrected chi connectivity index (χ3v) is 5.78. The number of rotatable bonds is 2. The predicted molar refractivity (Wildman–Crippen MR) is 110 cm³/mol. The number of carbonyl (C=O) groups is 1. The maximum Gasteiger partial charge on any atom is 0.344 e. The second-order valence-corrected chi connectivity index (χ2v) is 7.73. The zero-order valence-corrected chi connectivity index (χ0v) is 16.3. The molecule has 27 heavy (non-hydrogen) atoms. The molecule has 0 radical (unpaired) electrons. The second-order valence-electron chi connectivity index (χ2n) is 6.33. The van der Waals surface area contributed by atoms with Crippen LogP contribution in [0.25, 0.3) is 0 Å². The molecule has 0 saturated heterocycles. The number of benzene rings is 3. The third kappa shape index (κ3) is 3.07. The van der Waals surface area contributed by atoms with Crippen LogP contribution in [0, 0.1) is 19.7 Å². The van der Waals surface area contributed by atoms with Crippen molar-refractivity contribution in [2.45, 2.75) is 18.7 Å². The lowest BCUT2D eigenvalue weighted by Crippen LogP contribution is -2.41. The zero-order chi connectivity index (χ0) is 19.1. The van der Waals surface area contributed by atoms with Gasteiger partial charge in [-0.25, -0.2) is 13.5 Å². The summed E-state index contributed by atoms with van der Waals surface area (Å²) in [6, 6.07) is 17.3. The van der Waals surface area contributed by atoms with Crippen molar-refractivity contribution in [2.24, 2.45) is 0 Å². The van der Waals surface area contributed by atoms with Crippen molar-refractivity contribution in [3.8, 4) is 0 Å². The van der Waals surface area contributed by atoms with Crippen molar-refractivity contribution in [2.75, 3.05) is 9.21 Å². The van der Waals surface area contributed by atoms with E-state index in [2.05, 4.69) is 0 Å². The van der Waals surface area contributed by atoms with E-state index < -0.39 is 5.82 Å². The Balaban J connectivity index is 1.91. The maximum atomic E-state index is 14.7. The number of halogens is 2. The van der Waals surface area contributed by atoms with Gasteiger partial charge in [-0.2, -0.15) is 0 Å². The van der Waals surface area contributed by atoms with Crippen LogP contribution < -0.4 is 9.21 Å². The first kappa shape index (κ1) is 17.9. The van der Waals surface area contributed by atoms with Crippen LogP contribution in [0.15, 0.2) is 65.6 Å². The summed E-state index contributed by atoms with van der Waals surface area (Å²) in [5.74, 6) is -0.543. The minimum Gasteiger partial charge on any atom is -0.256 e. The number of para-hydroxylation sites is 2. The summed E-state index contributed by atoms with van der Waals surface area (Å²) in [6.07, 6.45) is 0. The van der Waals surface area contributed by atoms with E-state index in [1.165, 1.54) is 29.0 Å². The van der Waals surface area contributed by atoms with Crippen molar-refractivity contribution < 1.29 is 9.18 Å². The molecule has 0 N–H and O–H groups in total. The van der Waals surface area contributed by atoms with Crippen molar-refractivity contribution in [1.29, 1.82) is 0 Å². The average molecular weight is 399 g/mol. The lowest BCUT2D eigenvalue weighted by Gasteiger charge is -2.36. The Kier molecular flexibility index (Phi) is 4.58. The van der Waals surface area contributed by atoms with Gasteiger partial charge < -0.3 is 0 Å². The van der Waals surface area contributed by atoms with Gasteiger partial charge in [0.15, 0.2) is 0 Å². The number of hydrogen-bond donors (Lipinski definition) is 0. The highest BCUT2D eigenvalue weighted by Gasteiger charge is 2.36. The van der Waals surface area contributed by atoms with Crippen LogP contribution in [-0.4, -0.2) is 6.03 Å². The van der Waals surface area contributed by atoms with E-state index in [1.807, 2.05) is 50.2 Å². The van der Waals surface area contributed by atoms with E-state index >= 15 is 0 Å². The highest BCUT2D eigenvalue weighted by Crippen LogP contribution is 2.47. The van der Waals surface area contributed by atoms with Crippen molar-refractivity contribution in [1.82, 2.24) is 0 Å². The number of hydrogen-bond acceptors (Lipinski definition) is 2. The molecule has 3 nitrogen and oxygen atoms in total. The van der Waals surface area contributed by atoms with Gasteiger partial charge in [0.1, 0.15) is 11.5 Å². The largest absolute Gasteiger partial charge is 0.344 e. The fraction of sp³-hybridized carbons (Fsp3) is 0.0952. The standard InChI is InChI=1S/C21H16ClFN2OS/c1-13-10-11-17(14(2)12-13)25-21(26)24(18-8-3-4-9-19(18)27-25)20-15(22)6-5-7-16(20)23/h3-12H,1-2H3. The molecule has 0 fully saturated rings. The number of fused-ring (bicyclic) bond motifs is 1. The van der Waals surface area contributed by atoms with Gasteiger partial charge in [0.2, 0.25) is 0 Å². The van der Waals surface area contributed by atoms with E-state index in [0.717, 1.165) is 21.7 Å². The first-order chi connectivity index (χ1) is 13.0. The Labute approximate surface area is 166 Å². The topological polar surface area (TPSA) is 23.6 Å². The van der Waals surface area contributed by atoms with Gasteiger partial charge >= 0.3 is 6.03 Å². The van der Waals surface area contributed by atoms with Crippen LogP contribution in [0.4, 0.5) is 26.2 Å². The highest BCUT2D eigenvalue weighted by molar-refractivity contribution is 8.01. The smallest absolute Gasteiger partial charge is 0.256 e. The average Bonchev–Trinajstić information content (AvgIpc) is 2.63. The number of urea groups is 1. The maximum absolute atomic E-state index is 14.7. The summed E-state index contributed by atoms with van der Waals surface area (Å²) in [5.41, 5.74) is 3.52. The molecule has 1 aliphatic heterocycles. The Morgan fingerprint density at radius 3 is 2.48 bits per heavy atom. The predicted octanol–water partition coefficient (Wildman–Crippen LogP) is 6.88. The molecule has 0 bridgehead atoms. The first-order valence-electron chi connectivity index (χ1n) is 8.40. The fourth-order valence-corrected chi connectivity index (χ4v) is 4.45. The van der Waals surface area contributed by atoms with Crippen molar-refractivity contribution in [3.63, 3.8) is 0 Å². The Morgan fingerprint density at radius 1 is 0.963 bits per heavy atom. The summed E-state index contributed by atoms with van der Waals surface area (Å²) in [4.78, 5) is 15.6. The number of amides is 2. The van der Waals surface area contributed by atoms with E-state index in [1.54, 1.807) is 16.4 Å². The van der Waals surface area contributed by atoms with E-state index in [4.69, 9.17) is 11.6 Å². The van der Waals surface area contributed by atoms with Crippen LogP contribution in [0.5, 0.6) is 0 Å². The molecule has 0 spiro atoms. The summed E-state index contributed by atoms with van der Waals surface area (Å²) in [5, 5.41) is 0.186. The molecular formula is C21H16ClFN2OS. The molecule has 0 unspecified atom stereocenters. The molecule has 0 saturated carbocycles. The number of aryl methyl sites for hydroxylation is 2. The molecule has 3 aromatic rings. The van der Waals surface area contributed by atoms with E-state index in [-0.39, 0.29) is 16.7 Å². The number of carbonyl (C=O) groups excluding carboxylic acids is 1. The Bertz CT molecular complexity index is 1040. The van der Waals surface area contributed by atoms with Crippen LogP contribution in [0.3, 0.4) is 0 Å². The first-order valence-corrected chi connectivity index (χ1v) is 9.55. The monoisotopic (exact) mass is 398 g/mol. The molecule has 0 aliphatic carbocycles. The van der Waals surface area contributed by atoms with Crippen LogP contribution >= 0.6 is 23.5 Å². The molecule has 4 rings (SSSR count). The SMILES string of the molecule is Cc1ccc(N2Sc3ccccc3N(c3c(F)cccc3Cl)C2=O)c(C)c1. The van der Waals surface area contributed by atoms with E-state index in [0.29, 0.717) is 5.69 Å². The summed E-state index contributed by atoms with van der Waals surface area (Å²) in [6.45, 7) is 3.96. The molecule has 0 aromatic heterocycles. The molecule has 2 amide bonds. The third-order valence-electron chi connectivity index (χ3n) is 4.39. The molecule has 3 aromatic carbocycles. The second kappa shape index (κ2) is 6.91. The zero-order valence-electron chi connectivity index (χ0n) is 14.7. The van der Waals surface area contributed by atoms with Gasteiger partial charge in [0, 0.05) is 0 Å². The Morgan fingerprint density at radius 2 is 1.74 bits per heavy atom. The van der Waals surface area contributed by atoms with Crippen LogP contribution in [0.2, 0.25) is 5.02 Å². The minimum absolute atomic E-state index is 0.0617. The number of nitrogens with zero attached hydrogens (tertiary/aromatic N) is 2. The molecule has 0 atom stereocenters. The van der Waals surface area contributed by atoms with Crippen molar-refractivity contribution >= 4 is 46.6 Å². The fourth-order valence-electron chi connectivity index (χ4n) is 3.15. The lowest BCUT2D eigenvalue weighted by molar-refractivity contribution is 0.256. The normalized spacial score (nSPS) is 13.7. The van der Waals surface area contributed by atoms with Gasteiger partial charge in [-0.1, -0.05) is 47.5 Å². The lowest BCUT2D eigenvalue weighted by atomic mass is 10.1. The number of anilines is 3. The van der Waals surface area contributed by atoms with Gasteiger partial charge in [-0.15, -0.1) is 0 Å².